The van der Waals surface area contributed by atoms with Gasteiger partial charge in [0, 0.05) is 12.6 Å². The fourth-order valence-electron chi connectivity index (χ4n) is 1.84. The van der Waals surface area contributed by atoms with Crippen LogP contribution in [-0.4, -0.2) is 28.6 Å². The van der Waals surface area contributed by atoms with Crippen LogP contribution in [0.15, 0.2) is 0 Å². The van der Waals surface area contributed by atoms with Gasteiger partial charge in [-0.05, 0) is 37.5 Å². The first-order valence-electron chi connectivity index (χ1n) is 6.08. The molecule has 0 aromatic carbocycles. The minimum Gasteiger partial charge on any atom is -0.338 e. The van der Waals surface area contributed by atoms with E-state index in [-0.39, 0.29) is 11.2 Å². The Morgan fingerprint density at radius 1 is 1.33 bits per heavy atom. The number of thiol groups is 1. The Balaban J connectivity index is 1.93. The molecule has 1 amide bonds. The molecule has 0 heterocycles. The summed E-state index contributed by atoms with van der Waals surface area (Å²) >= 11 is 4.43. The van der Waals surface area contributed by atoms with Gasteiger partial charge in [-0.2, -0.15) is 12.6 Å². The maximum atomic E-state index is 12.2. The fraction of sp³-hybridized carbons (Fsp3) is 0.917. The van der Waals surface area contributed by atoms with Crippen molar-refractivity contribution in [3.63, 3.8) is 0 Å². The highest BCUT2D eigenvalue weighted by atomic mass is 32.1. The second kappa shape index (κ2) is 4.36. The van der Waals surface area contributed by atoms with Crippen LogP contribution < -0.4 is 0 Å². The number of hydrogen-bond acceptors (Lipinski definition) is 2. The molecule has 86 valence electrons. The highest BCUT2D eigenvalue weighted by Gasteiger charge is 2.38. The Morgan fingerprint density at radius 2 is 1.93 bits per heavy atom. The molecule has 0 aliphatic heterocycles. The van der Waals surface area contributed by atoms with Gasteiger partial charge in [0.05, 0.1) is 5.25 Å². The van der Waals surface area contributed by atoms with E-state index in [0.29, 0.717) is 12.0 Å². The molecule has 0 bridgehead atoms. The zero-order chi connectivity index (χ0) is 11.0. The van der Waals surface area contributed by atoms with Gasteiger partial charge < -0.3 is 4.90 Å². The molecule has 0 saturated heterocycles. The van der Waals surface area contributed by atoms with Crippen LogP contribution in [0.1, 0.15) is 39.5 Å². The Hall–Kier alpha value is -0.180. The molecule has 0 N–H and O–H groups in total. The third kappa shape index (κ3) is 2.90. The van der Waals surface area contributed by atoms with Gasteiger partial charge in [-0.3, -0.25) is 4.79 Å². The van der Waals surface area contributed by atoms with E-state index < -0.39 is 0 Å². The lowest BCUT2D eigenvalue weighted by Crippen LogP contribution is -2.41. The smallest absolute Gasteiger partial charge is 0.235 e. The third-order valence-corrected chi connectivity index (χ3v) is 4.12. The highest BCUT2D eigenvalue weighted by Crippen LogP contribution is 2.35. The molecular weight excluding hydrogens is 206 g/mol. The Morgan fingerprint density at radius 3 is 2.33 bits per heavy atom. The maximum absolute atomic E-state index is 12.2. The first-order chi connectivity index (χ1) is 7.09. The van der Waals surface area contributed by atoms with Gasteiger partial charge in [0.1, 0.15) is 0 Å². The predicted molar refractivity (Wildman–Crippen MR) is 65.1 cm³/mol. The Labute approximate surface area is 97.8 Å². The predicted octanol–water partition coefficient (Wildman–Crippen LogP) is 2.34. The molecule has 2 nitrogen and oxygen atoms in total. The summed E-state index contributed by atoms with van der Waals surface area (Å²) in [6, 6.07) is 0.548. The molecule has 0 spiro atoms. The number of amides is 1. The molecule has 1 unspecified atom stereocenters. The first kappa shape index (κ1) is 11.3. The second-order valence-electron chi connectivity index (χ2n) is 5.35. The van der Waals surface area contributed by atoms with E-state index >= 15 is 0 Å². The minimum atomic E-state index is -0.107. The zero-order valence-electron chi connectivity index (χ0n) is 9.65. The SMILES string of the molecule is CC(C)C(S)C(=O)N(CC1CC1)C1CC1. The van der Waals surface area contributed by atoms with Crippen molar-refractivity contribution in [1.29, 1.82) is 0 Å². The lowest BCUT2D eigenvalue weighted by atomic mass is 10.1. The first-order valence-corrected chi connectivity index (χ1v) is 6.59. The van der Waals surface area contributed by atoms with E-state index in [1.54, 1.807) is 0 Å². The maximum Gasteiger partial charge on any atom is 0.235 e. The summed E-state index contributed by atoms with van der Waals surface area (Å²) in [5, 5.41) is -0.107. The topological polar surface area (TPSA) is 20.3 Å². The highest BCUT2D eigenvalue weighted by molar-refractivity contribution is 7.81. The quantitative estimate of drug-likeness (QED) is 0.715. The second-order valence-corrected chi connectivity index (χ2v) is 5.91. The molecule has 2 saturated carbocycles. The van der Waals surface area contributed by atoms with Crippen LogP contribution in [-0.2, 0) is 4.79 Å². The van der Waals surface area contributed by atoms with Gasteiger partial charge in [-0.15, -0.1) is 0 Å². The normalized spacial score (nSPS) is 22.9. The van der Waals surface area contributed by atoms with Crippen LogP contribution in [0.25, 0.3) is 0 Å². The lowest BCUT2D eigenvalue weighted by molar-refractivity contribution is -0.132. The number of hydrogen-bond donors (Lipinski definition) is 1. The third-order valence-electron chi connectivity index (χ3n) is 3.31. The summed E-state index contributed by atoms with van der Waals surface area (Å²) in [6.45, 7) is 5.13. The average Bonchev–Trinajstić information content (AvgIpc) is 3.00. The van der Waals surface area contributed by atoms with Crippen LogP contribution in [0.4, 0.5) is 0 Å². The number of carbonyl (C=O) groups excluding carboxylic acids is 1. The van der Waals surface area contributed by atoms with Crippen molar-refractivity contribution < 1.29 is 4.79 Å². The molecule has 2 fully saturated rings. The average molecular weight is 227 g/mol. The van der Waals surface area contributed by atoms with Gasteiger partial charge in [0.15, 0.2) is 0 Å². The van der Waals surface area contributed by atoms with Gasteiger partial charge in [-0.25, -0.2) is 0 Å². The molecule has 1 atom stereocenters. The van der Waals surface area contributed by atoms with E-state index in [1.807, 2.05) is 0 Å². The summed E-state index contributed by atoms with van der Waals surface area (Å²) in [6.07, 6.45) is 5.04. The summed E-state index contributed by atoms with van der Waals surface area (Å²) < 4.78 is 0. The monoisotopic (exact) mass is 227 g/mol. The van der Waals surface area contributed by atoms with Gasteiger partial charge in [-0.1, -0.05) is 13.8 Å². The van der Waals surface area contributed by atoms with Crippen LogP contribution in [0.2, 0.25) is 0 Å². The van der Waals surface area contributed by atoms with Crippen LogP contribution in [0.5, 0.6) is 0 Å². The minimum absolute atomic E-state index is 0.107. The van der Waals surface area contributed by atoms with Crippen molar-refractivity contribution in [2.75, 3.05) is 6.54 Å². The fourth-order valence-corrected chi connectivity index (χ4v) is 1.99. The standard InChI is InChI=1S/C12H21NOS/c1-8(2)11(15)12(14)13(10-5-6-10)7-9-3-4-9/h8-11,15H,3-7H2,1-2H3. The summed E-state index contributed by atoms with van der Waals surface area (Å²) in [4.78, 5) is 14.3. The number of carbonyl (C=O) groups is 1. The van der Waals surface area contributed by atoms with Gasteiger partial charge in [0.2, 0.25) is 5.91 Å². The summed E-state index contributed by atoms with van der Waals surface area (Å²) in [7, 11) is 0. The van der Waals surface area contributed by atoms with Crippen molar-refractivity contribution in [3.05, 3.63) is 0 Å². The van der Waals surface area contributed by atoms with E-state index in [2.05, 4.69) is 31.4 Å². The number of nitrogens with zero attached hydrogens (tertiary/aromatic N) is 1. The van der Waals surface area contributed by atoms with Crippen molar-refractivity contribution >= 4 is 18.5 Å². The summed E-state index contributed by atoms with van der Waals surface area (Å²) in [5.74, 6) is 1.39. The molecule has 0 aromatic rings. The van der Waals surface area contributed by atoms with E-state index in [0.717, 1.165) is 12.5 Å². The van der Waals surface area contributed by atoms with Gasteiger partial charge in [0.25, 0.3) is 0 Å². The van der Waals surface area contributed by atoms with Crippen molar-refractivity contribution in [3.8, 4) is 0 Å². The van der Waals surface area contributed by atoms with E-state index in [4.69, 9.17) is 0 Å². The van der Waals surface area contributed by atoms with Crippen LogP contribution in [0.3, 0.4) is 0 Å². The zero-order valence-corrected chi connectivity index (χ0v) is 10.5. The molecule has 0 aromatic heterocycles. The van der Waals surface area contributed by atoms with Gasteiger partial charge >= 0.3 is 0 Å². The molecule has 15 heavy (non-hydrogen) atoms. The Bertz CT molecular complexity index is 246. The molecule has 3 heteroatoms. The van der Waals surface area contributed by atoms with Crippen molar-refractivity contribution in [2.24, 2.45) is 11.8 Å². The molecular formula is C12H21NOS. The Kier molecular flexibility index (Phi) is 3.29. The van der Waals surface area contributed by atoms with Crippen LogP contribution in [0, 0.1) is 11.8 Å². The van der Waals surface area contributed by atoms with Crippen LogP contribution >= 0.6 is 12.6 Å². The molecule has 2 aliphatic carbocycles. The van der Waals surface area contributed by atoms with E-state index in [9.17, 15) is 4.79 Å². The van der Waals surface area contributed by atoms with E-state index in [1.165, 1.54) is 25.7 Å². The largest absolute Gasteiger partial charge is 0.338 e. The summed E-state index contributed by atoms with van der Waals surface area (Å²) in [5.41, 5.74) is 0. The molecule has 2 aliphatic rings. The molecule has 0 radical (unpaired) electrons. The van der Waals surface area contributed by atoms with Crippen molar-refractivity contribution in [1.82, 2.24) is 4.90 Å². The van der Waals surface area contributed by atoms with Crippen molar-refractivity contribution in [2.45, 2.75) is 50.8 Å². The molecule has 2 rings (SSSR count). The lowest BCUT2D eigenvalue weighted by Gasteiger charge is -2.27. The number of rotatable bonds is 5.